The van der Waals surface area contributed by atoms with E-state index in [1.54, 1.807) is 0 Å². The molecule has 0 radical (unpaired) electrons. The molecule has 76 valence electrons. The van der Waals surface area contributed by atoms with Gasteiger partial charge < -0.3 is 0 Å². The molecule has 1 heterocycles. The second kappa shape index (κ2) is 3.26. The lowest BCUT2D eigenvalue weighted by atomic mass is 9.82. The molecule has 0 spiro atoms. The van der Waals surface area contributed by atoms with Crippen molar-refractivity contribution in [3.05, 3.63) is 29.6 Å². The van der Waals surface area contributed by atoms with E-state index in [0.717, 1.165) is 25.3 Å². The van der Waals surface area contributed by atoms with Gasteiger partial charge in [0.05, 0.1) is 5.56 Å². The maximum absolute atomic E-state index is 12.3. The minimum atomic E-state index is -4.25. The summed E-state index contributed by atoms with van der Waals surface area (Å²) in [5, 5.41) is 0. The van der Waals surface area contributed by atoms with Gasteiger partial charge in [0.25, 0.3) is 0 Å². The molecular weight excluding hydrogens is 191 g/mol. The van der Waals surface area contributed by atoms with Gasteiger partial charge in [-0.1, -0.05) is 6.42 Å². The highest BCUT2D eigenvalue weighted by molar-refractivity contribution is 5.22. The number of hydrogen-bond acceptors (Lipinski definition) is 1. The summed E-state index contributed by atoms with van der Waals surface area (Å²) in [6.07, 6.45) is 0.0309. The topological polar surface area (TPSA) is 12.9 Å². The largest absolute Gasteiger partial charge is 0.416 e. The maximum Gasteiger partial charge on any atom is 0.416 e. The van der Waals surface area contributed by atoms with Crippen molar-refractivity contribution in [1.29, 1.82) is 0 Å². The zero-order valence-electron chi connectivity index (χ0n) is 7.51. The SMILES string of the molecule is FC(F)(F)c1ccnc(C2CCC2)c1. The van der Waals surface area contributed by atoms with E-state index in [1.807, 2.05) is 0 Å². The summed E-state index contributed by atoms with van der Waals surface area (Å²) in [6.45, 7) is 0. The van der Waals surface area contributed by atoms with E-state index in [-0.39, 0.29) is 5.92 Å². The number of aromatic nitrogens is 1. The number of alkyl halides is 3. The molecule has 1 aliphatic carbocycles. The zero-order chi connectivity index (χ0) is 10.2. The van der Waals surface area contributed by atoms with Crippen molar-refractivity contribution in [2.24, 2.45) is 0 Å². The number of nitrogens with zero attached hydrogens (tertiary/aromatic N) is 1. The first kappa shape index (κ1) is 9.49. The monoisotopic (exact) mass is 201 g/mol. The van der Waals surface area contributed by atoms with Gasteiger partial charge in [-0.15, -0.1) is 0 Å². The van der Waals surface area contributed by atoms with Gasteiger partial charge in [0.2, 0.25) is 0 Å². The van der Waals surface area contributed by atoms with Gasteiger partial charge in [0.1, 0.15) is 0 Å². The molecule has 0 N–H and O–H groups in total. The van der Waals surface area contributed by atoms with Crippen LogP contribution in [-0.4, -0.2) is 4.98 Å². The van der Waals surface area contributed by atoms with Crippen LogP contribution in [0.1, 0.15) is 36.4 Å². The molecule has 0 aromatic carbocycles. The van der Waals surface area contributed by atoms with Crippen LogP contribution in [0, 0.1) is 0 Å². The first-order valence-electron chi connectivity index (χ1n) is 4.60. The van der Waals surface area contributed by atoms with Crippen molar-refractivity contribution >= 4 is 0 Å². The second-order valence-corrected chi connectivity index (χ2v) is 3.59. The van der Waals surface area contributed by atoms with Crippen molar-refractivity contribution in [3.63, 3.8) is 0 Å². The van der Waals surface area contributed by atoms with Gasteiger partial charge in [0.15, 0.2) is 0 Å². The second-order valence-electron chi connectivity index (χ2n) is 3.59. The van der Waals surface area contributed by atoms with Crippen molar-refractivity contribution in [2.75, 3.05) is 0 Å². The Hall–Kier alpha value is -1.06. The third kappa shape index (κ3) is 1.74. The standard InChI is InChI=1S/C10H10F3N/c11-10(12,13)8-4-5-14-9(6-8)7-2-1-3-7/h4-7H,1-3H2. The molecule has 1 nitrogen and oxygen atoms in total. The molecule has 0 aliphatic heterocycles. The Bertz CT molecular complexity index is 328. The molecule has 4 heteroatoms. The van der Waals surface area contributed by atoms with Crippen LogP contribution in [0.2, 0.25) is 0 Å². The summed E-state index contributed by atoms with van der Waals surface area (Å²) in [6, 6.07) is 2.19. The van der Waals surface area contributed by atoms with E-state index in [2.05, 4.69) is 4.98 Å². The molecule has 0 unspecified atom stereocenters. The molecule has 1 aromatic heterocycles. The smallest absolute Gasteiger partial charge is 0.261 e. The third-order valence-corrected chi connectivity index (χ3v) is 2.63. The Morgan fingerprint density at radius 3 is 2.50 bits per heavy atom. The van der Waals surface area contributed by atoms with E-state index >= 15 is 0 Å². The molecule has 0 atom stereocenters. The molecule has 2 rings (SSSR count). The van der Waals surface area contributed by atoms with Crippen LogP contribution in [0.4, 0.5) is 13.2 Å². The molecule has 1 aliphatic rings. The summed E-state index contributed by atoms with van der Waals surface area (Å²) in [5.74, 6) is 0.247. The Kier molecular flexibility index (Phi) is 2.21. The number of hydrogen-bond donors (Lipinski definition) is 0. The van der Waals surface area contributed by atoms with E-state index in [4.69, 9.17) is 0 Å². The molecule has 0 saturated heterocycles. The Morgan fingerprint density at radius 1 is 1.29 bits per heavy atom. The highest BCUT2D eigenvalue weighted by atomic mass is 19.4. The molecule has 0 amide bonds. The van der Waals surface area contributed by atoms with E-state index in [1.165, 1.54) is 12.3 Å². The highest BCUT2D eigenvalue weighted by Crippen LogP contribution is 2.37. The van der Waals surface area contributed by atoms with Crippen LogP contribution in [-0.2, 0) is 6.18 Å². The average molecular weight is 201 g/mol. The minimum absolute atomic E-state index is 0.247. The van der Waals surface area contributed by atoms with Gasteiger partial charge in [-0.05, 0) is 25.0 Å². The fourth-order valence-electron chi connectivity index (χ4n) is 1.55. The first-order valence-corrected chi connectivity index (χ1v) is 4.60. The van der Waals surface area contributed by atoms with Gasteiger partial charge >= 0.3 is 6.18 Å². The third-order valence-electron chi connectivity index (χ3n) is 2.63. The van der Waals surface area contributed by atoms with Crippen LogP contribution >= 0.6 is 0 Å². The summed E-state index contributed by atoms with van der Waals surface area (Å²) in [4.78, 5) is 3.97. The van der Waals surface area contributed by atoms with Gasteiger partial charge in [-0.2, -0.15) is 13.2 Å². The summed E-state index contributed by atoms with van der Waals surface area (Å²) in [5.41, 5.74) is 0.000440. The zero-order valence-corrected chi connectivity index (χ0v) is 7.51. The van der Waals surface area contributed by atoms with Crippen LogP contribution in [0.15, 0.2) is 18.3 Å². The number of halogens is 3. The predicted molar refractivity (Wildman–Crippen MR) is 45.8 cm³/mol. The summed E-state index contributed by atoms with van der Waals surface area (Å²) < 4.78 is 37.0. The molecular formula is C10H10F3N. The number of rotatable bonds is 1. The van der Waals surface area contributed by atoms with Gasteiger partial charge in [-0.25, -0.2) is 0 Å². The molecule has 1 fully saturated rings. The number of pyridine rings is 1. The molecule has 1 aromatic rings. The fourth-order valence-corrected chi connectivity index (χ4v) is 1.55. The van der Waals surface area contributed by atoms with Crippen molar-refractivity contribution in [2.45, 2.75) is 31.4 Å². The highest BCUT2D eigenvalue weighted by Gasteiger charge is 2.32. The normalized spacial score (nSPS) is 17.9. The van der Waals surface area contributed by atoms with Gasteiger partial charge in [0, 0.05) is 17.8 Å². The summed E-state index contributed by atoms with van der Waals surface area (Å²) in [7, 11) is 0. The van der Waals surface area contributed by atoms with E-state index in [0.29, 0.717) is 5.69 Å². The maximum atomic E-state index is 12.3. The van der Waals surface area contributed by atoms with Gasteiger partial charge in [-0.3, -0.25) is 4.98 Å². The molecule has 0 bridgehead atoms. The summed E-state index contributed by atoms with van der Waals surface area (Å²) >= 11 is 0. The Labute approximate surface area is 80.0 Å². The van der Waals surface area contributed by atoms with Crippen LogP contribution in [0.3, 0.4) is 0 Å². The minimum Gasteiger partial charge on any atom is -0.261 e. The van der Waals surface area contributed by atoms with Crippen LogP contribution < -0.4 is 0 Å². The fraction of sp³-hybridized carbons (Fsp3) is 0.500. The van der Waals surface area contributed by atoms with Crippen LogP contribution in [0.25, 0.3) is 0 Å². The lowest BCUT2D eigenvalue weighted by Gasteiger charge is -2.25. The average Bonchev–Trinajstić information content (AvgIpc) is 2.00. The van der Waals surface area contributed by atoms with E-state index < -0.39 is 11.7 Å². The van der Waals surface area contributed by atoms with Crippen molar-refractivity contribution in [1.82, 2.24) is 4.98 Å². The van der Waals surface area contributed by atoms with E-state index in [9.17, 15) is 13.2 Å². The Morgan fingerprint density at radius 2 is 2.00 bits per heavy atom. The quantitative estimate of drug-likeness (QED) is 0.678. The van der Waals surface area contributed by atoms with Crippen molar-refractivity contribution < 1.29 is 13.2 Å². The van der Waals surface area contributed by atoms with Crippen LogP contribution in [0.5, 0.6) is 0 Å². The first-order chi connectivity index (χ1) is 6.57. The predicted octanol–water partition coefficient (Wildman–Crippen LogP) is 3.37. The Balaban J connectivity index is 2.26. The lowest BCUT2D eigenvalue weighted by Crippen LogP contribution is -2.13. The molecule has 1 saturated carbocycles. The van der Waals surface area contributed by atoms with Crippen molar-refractivity contribution in [3.8, 4) is 0 Å². The lowest BCUT2D eigenvalue weighted by molar-refractivity contribution is -0.137. The molecule has 14 heavy (non-hydrogen) atoms.